The second kappa shape index (κ2) is 5.09. The van der Waals surface area contributed by atoms with Crippen LogP contribution in [0.4, 0.5) is 0 Å². The molecule has 1 aliphatic heterocycles. The van der Waals surface area contributed by atoms with Gasteiger partial charge in [-0.3, -0.25) is 0 Å². The number of rotatable bonds is 2. The van der Waals surface area contributed by atoms with Crippen molar-refractivity contribution in [2.75, 3.05) is 13.6 Å². The fourth-order valence-electron chi connectivity index (χ4n) is 2.70. The van der Waals surface area contributed by atoms with E-state index < -0.39 is 5.97 Å². The van der Waals surface area contributed by atoms with Crippen LogP contribution in [0.25, 0.3) is 11.4 Å². The lowest BCUT2D eigenvalue weighted by molar-refractivity contribution is 0.0688. The SMILES string of the molecule is CN1CCCn2c(-c3ccccc3)nc(C(=O)O)c2C1. The largest absolute Gasteiger partial charge is 0.476 e. The molecule has 1 aromatic heterocycles. The van der Waals surface area contributed by atoms with Crippen molar-refractivity contribution in [3.05, 3.63) is 41.7 Å². The van der Waals surface area contributed by atoms with Crippen LogP contribution in [0.2, 0.25) is 0 Å². The number of carboxylic acids is 1. The Kier molecular flexibility index (Phi) is 3.28. The molecule has 2 heterocycles. The minimum Gasteiger partial charge on any atom is -0.476 e. The van der Waals surface area contributed by atoms with Gasteiger partial charge in [0.1, 0.15) is 5.82 Å². The van der Waals surface area contributed by atoms with Crippen molar-refractivity contribution in [2.24, 2.45) is 0 Å². The molecule has 1 N–H and O–H groups in total. The molecule has 0 spiro atoms. The van der Waals surface area contributed by atoms with Gasteiger partial charge in [-0.2, -0.15) is 0 Å². The Hall–Kier alpha value is -2.14. The standard InChI is InChI=1S/C15H17N3O2/c1-17-8-5-9-18-12(10-17)13(15(19)20)16-14(18)11-6-3-2-4-7-11/h2-4,6-7H,5,8-10H2,1H3,(H,19,20). The van der Waals surface area contributed by atoms with Crippen molar-refractivity contribution in [2.45, 2.75) is 19.5 Å². The normalized spacial score (nSPS) is 15.7. The van der Waals surface area contributed by atoms with E-state index in [1.807, 2.05) is 37.4 Å². The number of aromatic nitrogens is 2. The Labute approximate surface area is 117 Å². The highest BCUT2D eigenvalue weighted by Gasteiger charge is 2.25. The average molecular weight is 271 g/mol. The first-order chi connectivity index (χ1) is 9.66. The zero-order chi connectivity index (χ0) is 14.1. The number of carbonyl (C=O) groups is 1. The Morgan fingerprint density at radius 2 is 2.00 bits per heavy atom. The third kappa shape index (κ3) is 2.20. The fraction of sp³-hybridized carbons (Fsp3) is 0.333. The molecule has 0 saturated heterocycles. The zero-order valence-corrected chi connectivity index (χ0v) is 11.4. The molecule has 1 aromatic carbocycles. The predicted octanol–water partition coefficient (Wildman–Crippen LogP) is 2.08. The lowest BCUT2D eigenvalue weighted by atomic mass is 10.2. The molecular weight excluding hydrogens is 254 g/mol. The van der Waals surface area contributed by atoms with Gasteiger partial charge in [0.05, 0.1) is 5.69 Å². The Morgan fingerprint density at radius 3 is 2.70 bits per heavy atom. The minimum atomic E-state index is -0.953. The molecule has 20 heavy (non-hydrogen) atoms. The maximum absolute atomic E-state index is 11.4. The summed E-state index contributed by atoms with van der Waals surface area (Å²) < 4.78 is 2.06. The van der Waals surface area contributed by atoms with Crippen LogP contribution < -0.4 is 0 Å². The average Bonchev–Trinajstić information content (AvgIpc) is 2.68. The molecule has 0 atom stereocenters. The van der Waals surface area contributed by atoms with Crippen molar-refractivity contribution in [3.63, 3.8) is 0 Å². The summed E-state index contributed by atoms with van der Waals surface area (Å²) in [5, 5.41) is 9.38. The molecule has 0 amide bonds. The van der Waals surface area contributed by atoms with Crippen LogP contribution in [-0.2, 0) is 13.1 Å². The lowest BCUT2D eigenvalue weighted by Gasteiger charge is -2.12. The van der Waals surface area contributed by atoms with Crippen LogP contribution in [0.5, 0.6) is 0 Å². The summed E-state index contributed by atoms with van der Waals surface area (Å²) in [4.78, 5) is 18.0. The molecule has 0 bridgehead atoms. The Balaban J connectivity index is 2.17. The molecule has 0 aliphatic carbocycles. The second-order valence-corrected chi connectivity index (χ2v) is 5.14. The Bertz CT molecular complexity index is 634. The highest BCUT2D eigenvalue weighted by Crippen LogP contribution is 2.25. The van der Waals surface area contributed by atoms with E-state index in [-0.39, 0.29) is 5.69 Å². The van der Waals surface area contributed by atoms with Gasteiger partial charge in [-0.05, 0) is 20.0 Å². The number of fused-ring (bicyclic) bond motifs is 1. The van der Waals surface area contributed by atoms with Crippen LogP contribution in [0, 0.1) is 0 Å². The second-order valence-electron chi connectivity index (χ2n) is 5.14. The van der Waals surface area contributed by atoms with Gasteiger partial charge in [0.15, 0.2) is 5.69 Å². The van der Waals surface area contributed by atoms with Crippen molar-refractivity contribution >= 4 is 5.97 Å². The number of imidazole rings is 1. The van der Waals surface area contributed by atoms with E-state index in [1.54, 1.807) is 0 Å². The monoisotopic (exact) mass is 271 g/mol. The van der Waals surface area contributed by atoms with E-state index in [0.717, 1.165) is 36.6 Å². The molecule has 0 saturated carbocycles. The predicted molar refractivity (Wildman–Crippen MR) is 75.6 cm³/mol. The molecule has 5 heteroatoms. The van der Waals surface area contributed by atoms with Crippen LogP contribution in [-0.4, -0.2) is 39.1 Å². The van der Waals surface area contributed by atoms with Crippen molar-refractivity contribution in [1.82, 2.24) is 14.5 Å². The van der Waals surface area contributed by atoms with Gasteiger partial charge in [0.2, 0.25) is 0 Å². The zero-order valence-electron chi connectivity index (χ0n) is 11.4. The smallest absolute Gasteiger partial charge is 0.356 e. The summed E-state index contributed by atoms with van der Waals surface area (Å²) in [5.41, 5.74) is 1.94. The quantitative estimate of drug-likeness (QED) is 0.908. The number of carboxylic acid groups (broad SMARTS) is 1. The summed E-state index contributed by atoms with van der Waals surface area (Å²) in [5.74, 6) is -0.195. The van der Waals surface area contributed by atoms with E-state index in [2.05, 4.69) is 14.5 Å². The number of aromatic carboxylic acids is 1. The summed E-state index contributed by atoms with van der Waals surface area (Å²) in [7, 11) is 2.01. The topological polar surface area (TPSA) is 58.4 Å². The third-order valence-electron chi connectivity index (χ3n) is 3.65. The van der Waals surface area contributed by atoms with Gasteiger partial charge in [-0.25, -0.2) is 9.78 Å². The lowest BCUT2D eigenvalue weighted by Crippen LogP contribution is -2.18. The van der Waals surface area contributed by atoms with Crippen LogP contribution in [0.15, 0.2) is 30.3 Å². The van der Waals surface area contributed by atoms with E-state index in [9.17, 15) is 9.90 Å². The van der Waals surface area contributed by atoms with Gasteiger partial charge < -0.3 is 14.6 Å². The molecule has 1 aliphatic rings. The van der Waals surface area contributed by atoms with Crippen LogP contribution in [0.1, 0.15) is 22.6 Å². The molecule has 3 rings (SSSR count). The first-order valence-electron chi connectivity index (χ1n) is 6.73. The van der Waals surface area contributed by atoms with Crippen molar-refractivity contribution < 1.29 is 9.90 Å². The fourth-order valence-corrected chi connectivity index (χ4v) is 2.70. The summed E-state index contributed by atoms with van der Waals surface area (Å²) >= 11 is 0. The number of hydrogen-bond acceptors (Lipinski definition) is 3. The first kappa shape index (κ1) is 12.9. The van der Waals surface area contributed by atoms with Gasteiger partial charge >= 0.3 is 5.97 Å². The molecule has 0 unspecified atom stereocenters. The minimum absolute atomic E-state index is 0.178. The summed E-state index contributed by atoms with van der Waals surface area (Å²) in [6, 6.07) is 9.77. The van der Waals surface area contributed by atoms with E-state index in [4.69, 9.17) is 0 Å². The van der Waals surface area contributed by atoms with E-state index >= 15 is 0 Å². The van der Waals surface area contributed by atoms with Crippen LogP contribution in [0.3, 0.4) is 0 Å². The maximum Gasteiger partial charge on any atom is 0.356 e. The summed E-state index contributed by atoms with van der Waals surface area (Å²) in [6.45, 7) is 2.40. The van der Waals surface area contributed by atoms with Crippen LogP contribution >= 0.6 is 0 Å². The molecule has 104 valence electrons. The van der Waals surface area contributed by atoms with Gasteiger partial charge in [0.25, 0.3) is 0 Å². The molecule has 0 fully saturated rings. The van der Waals surface area contributed by atoms with Gasteiger partial charge in [-0.15, -0.1) is 0 Å². The van der Waals surface area contributed by atoms with Crippen molar-refractivity contribution in [3.8, 4) is 11.4 Å². The van der Waals surface area contributed by atoms with E-state index in [0.29, 0.717) is 6.54 Å². The van der Waals surface area contributed by atoms with Gasteiger partial charge in [0, 0.05) is 18.7 Å². The maximum atomic E-state index is 11.4. The highest BCUT2D eigenvalue weighted by molar-refractivity contribution is 5.88. The number of hydrogen-bond donors (Lipinski definition) is 1. The summed E-state index contributed by atoms with van der Waals surface area (Å²) in [6.07, 6.45) is 0.999. The van der Waals surface area contributed by atoms with Crippen molar-refractivity contribution in [1.29, 1.82) is 0 Å². The first-order valence-corrected chi connectivity index (χ1v) is 6.73. The Morgan fingerprint density at radius 1 is 1.25 bits per heavy atom. The third-order valence-corrected chi connectivity index (χ3v) is 3.65. The molecule has 2 aromatic rings. The molecular formula is C15H17N3O2. The molecule has 5 nitrogen and oxygen atoms in total. The van der Waals surface area contributed by atoms with Gasteiger partial charge in [-0.1, -0.05) is 30.3 Å². The molecule has 0 radical (unpaired) electrons. The number of nitrogens with zero attached hydrogens (tertiary/aromatic N) is 3. The van der Waals surface area contributed by atoms with E-state index in [1.165, 1.54) is 0 Å². The number of benzene rings is 1. The highest BCUT2D eigenvalue weighted by atomic mass is 16.4.